The van der Waals surface area contributed by atoms with Gasteiger partial charge in [0.15, 0.2) is 0 Å². The van der Waals surface area contributed by atoms with Gasteiger partial charge in [0.2, 0.25) is 0 Å². The predicted octanol–water partition coefficient (Wildman–Crippen LogP) is 0.376. The first-order chi connectivity index (χ1) is 7.53. The standard InChI is InChI=1S/C10H12N2O3S/c11-10(9(14)15)2-3-12(6-10)8(13)7-1-4-16-5-7/h1,4-5H,2-3,6,11H2,(H,14,15). The maximum Gasteiger partial charge on any atom is 0.325 e. The third kappa shape index (κ3) is 1.81. The lowest BCUT2D eigenvalue weighted by Gasteiger charge is -2.19. The summed E-state index contributed by atoms with van der Waals surface area (Å²) in [7, 11) is 0. The molecule has 1 aromatic heterocycles. The van der Waals surface area contributed by atoms with Crippen LogP contribution in [0.1, 0.15) is 16.8 Å². The van der Waals surface area contributed by atoms with E-state index in [0.717, 1.165) is 0 Å². The van der Waals surface area contributed by atoms with Crippen molar-refractivity contribution in [2.75, 3.05) is 13.1 Å². The number of hydrogen-bond donors (Lipinski definition) is 2. The molecule has 2 rings (SSSR count). The highest BCUT2D eigenvalue weighted by Gasteiger charge is 2.43. The van der Waals surface area contributed by atoms with Crippen LogP contribution in [0.15, 0.2) is 16.8 Å². The maximum atomic E-state index is 11.9. The maximum absolute atomic E-state index is 11.9. The Morgan fingerprint density at radius 2 is 2.31 bits per heavy atom. The minimum absolute atomic E-state index is 0.0804. The van der Waals surface area contributed by atoms with Gasteiger partial charge in [-0.2, -0.15) is 11.3 Å². The van der Waals surface area contributed by atoms with E-state index in [9.17, 15) is 9.59 Å². The molecule has 1 aromatic rings. The van der Waals surface area contributed by atoms with E-state index in [1.165, 1.54) is 16.2 Å². The average molecular weight is 240 g/mol. The highest BCUT2D eigenvalue weighted by atomic mass is 32.1. The first kappa shape index (κ1) is 11.1. The Labute approximate surface area is 96.5 Å². The van der Waals surface area contributed by atoms with Crippen LogP contribution in [0.2, 0.25) is 0 Å². The van der Waals surface area contributed by atoms with Gasteiger partial charge >= 0.3 is 5.97 Å². The largest absolute Gasteiger partial charge is 0.480 e. The average Bonchev–Trinajstić information content (AvgIpc) is 2.85. The molecule has 16 heavy (non-hydrogen) atoms. The van der Waals surface area contributed by atoms with Gasteiger partial charge in [-0.05, 0) is 17.9 Å². The Morgan fingerprint density at radius 3 is 2.81 bits per heavy atom. The van der Waals surface area contributed by atoms with Crippen molar-refractivity contribution in [3.63, 3.8) is 0 Å². The summed E-state index contributed by atoms with van der Waals surface area (Å²) in [6.45, 7) is 0.481. The molecule has 0 bridgehead atoms. The van der Waals surface area contributed by atoms with Crippen LogP contribution in [0.4, 0.5) is 0 Å². The number of amides is 1. The van der Waals surface area contributed by atoms with Crippen LogP contribution < -0.4 is 5.73 Å². The molecule has 1 atom stereocenters. The molecule has 2 heterocycles. The van der Waals surface area contributed by atoms with Crippen LogP contribution in [-0.4, -0.2) is 40.5 Å². The van der Waals surface area contributed by atoms with E-state index in [2.05, 4.69) is 0 Å². The zero-order valence-corrected chi connectivity index (χ0v) is 9.37. The van der Waals surface area contributed by atoms with Crippen molar-refractivity contribution < 1.29 is 14.7 Å². The summed E-state index contributed by atoms with van der Waals surface area (Å²) in [5, 5.41) is 12.5. The van der Waals surface area contributed by atoms with Gasteiger partial charge in [-0.15, -0.1) is 0 Å². The smallest absolute Gasteiger partial charge is 0.325 e. The highest BCUT2D eigenvalue weighted by Crippen LogP contribution is 2.21. The minimum atomic E-state index is -1.29. The quantitative estimate of drug-likeness (QED) is 0.782. The fourth-order valence-electron chi connectivity index (χ4n) is 1.75. The molecule has 0 spiro atoms. The molecule has 5 nitrogen and oxygen atoms in total. The SMILES string of the molecule is NC1(C(=O)O)CCN(C(=O)c2ccsc2)C1. The fraction of sp³-hybridized carbons (Fsp3) is 0.400. The Bertz CT molecular complexity index is 418. The summed E-state index contributed by atoms with van der Waals surface area (Å²) in [4.78, 5) is 24.3. The van der Waals surface area contributed by atoms with E-state index in [1.807, 2.05) is 5.38 Å². The van der Waals surface area contributed by atoms with Crippen LogP contribution >= 0.6 is 11.3 Å². The van der Waals surface area contributed by atoms with E-state index in [-0.39, 0.29) is 12.5 Å². The number of nitrogens with zero attached hydrogens (tertiary/aromatic N) is 1. The summed E-state index contributed by atoms with van der Waals surface area (Å²) >= 11 is 1.44. The van der Waals surface area contributed by atoms with Crippen molar-refractivity contribution in [2.45, 2.75) is 12.0 Å². The van der Waals surface area contributed by atoms with Crippen molar-refractivity contribution >= 4 is 23.2 Å². The molecule has 0 aromatic carbocycles. The summed E-state index contributed by atoms with van der Waals surface area (Å²) in [6.07, 6.45) is 0.304. The first-order valence-electron chi connectivity index (χ1n) is 4.87. The Hall–Kier alpha value is -1.40. The topological polar surface area (TPSA) is 83.6 Å². The molecule has 1 saturated heterocycles. The second-order valence-electron chi connectivity index (χ2n) is 3.95. The number of carbonyl (C=O) groups is 2. The molecule has 0 radical (unpaired) electrons. The van der Waals surface area contributed by atoms with Crippen LogP contribution in [-0.2, 0) is 4.79 Å². The zero-order chi connectivity index (χ0) is 11.8. The van der Waals surface area contributed by atoms with Gasteiger partial charge in [0.05, 0.1) is 5.56 Å². The number of nitrogens with two attached hydrogens (primary N) is 1. The van der Waals surface area contributed by atoms with Gasteiger partial charge in [-0.25, -0.2) is 0 Å². The Balaban J connectivity index is 2.10. The van der Waals surface area contributed by atoms with E-state index < -0.39 is 11.5 Å². The number of hydrogen-bond acceptors (Lipinski definition) is 4. The number of aliphatic carboxylic acids is 1. The van der Waals surface area contributed by atoms with Crippen molar-refractivity contribution in [1.29, 1.82) is 0 Å². The van der Waals surface area contributed by atoms with Crippen LogP contribution in [0, 0.1) is 0 Å². The van der Waals surface area contributed by atoms with E-state index in [1.54, 1.807) is 11.4 Å². The lowest BCUT2D eigenvalue weighted by atomic mass is 10.0. The van der Waals surface area contributed by atoms with Crippen molar-refractivity contribution in [3.8, 4) is 0 Å². The number of likely N-dealkylation sites (tertiary alicyclic amines) is 1. The Morgan fingerprint density at radius 1 is 1.56 bits per heavy atom. The number of carboxylic acids is 1. The lowest BCUT2D eigenvalue weighted by molar-refractivity contribution is -0.142. The Kier molecular flexibility index (Phi) is 2.69. The van der Waals surface area contributed by atoms with Crippen molar-refractivity contribution in [1.82, 2.24) is 4.90 Å². The molecule has 1 unspecified atom stereocenters. The molecule has 1 amide bonds. The molecule has 1 aliphatic rings. The van der Waals surface area contributed by atoms with Crippen LogP contribution in [0.3, 0.4) is 0 Å². The van der Waals surface area contributed by atoms with E-state index >= 15 is 0 Å². The van der Waals surface area contributed by atoms with E-state index in [0.29, 0.717) is 18.5 Å². The van der Waals surface area contributed by atoms with Gasteiger partial charge in [-0.3, -0.25) is 9.59 Å². The molecule has 1 aliphatic heterocycles. The third-order valence-electron chi connectivity index (χ3n) is 2.78. The summed E-state index contributed by atoms with van der Waals surface area (Å²) in [6, 6.07) is 1.73. The molecule has 0 saturated carbocycles. The molecular formula is C10H12N2O3S. The number of rotatable bonds is 2. The summed E-state index contributed by atoms with van der Waals surface area (Å²) in [5.41, 5.74) is 5.00. The van der Waals surface area contributed by atoms with Crippen molar-refractivity contribution in [2.24, 2.45) is 5.73 Å². The van der Waals surface area contributed by atoms with Gasteiger partial charge in [0.25, 0.3) is 5.91 Å². The van der Waals surface area contributed by atoms with Crippen LogP contribution in [0.5, 0.6) is 0 Å². The molecule has 3 N–H and O–H groups in total. The number of thiophene rings is 1. The fourth-order valence-corrected chi connectivity index (χ4v) is 2.38. The van der Waals surface area contributed by atoms with Gasteiger partial charge in [0.1, 0.15) is 5.54 Å². The van der Waals surface area contributed by atoms with Crippen LogP contribution in [0.25, 0.3) is 0 Å². The molecule has 6 heteroatoms. The third-order valence-corrected chi connectivity index (χ3v) is 3.47. The number of carboxylic acid groups (broad SMARTS) is 1. The number of carbonyl (C=O) groups excluding carboxylic acids is 1. The normalized spacial score (nSPS) is 24.7. The second kappa shape index (κ2) is 3.88. The van der Waals surface area contributed by atoms with Gasteiger partial charge in [-0.1, -0.05) is 0 Å². The molecular weight excluding hydrogens is 228 g/mol. The van der Waals surface area contributed by atoms with Gasteiger partial charge in [0, 0.05) is 18.5 Å². The molecule has 0 aliphatic carbocycles. The summed E-state index contributed by atoms with van der Waals surface area (Å²) in [5.74, 6) is -1.19. The summed E-state index contributed by atoms with van der Waals surface area (Å²) < 4.78 is 0. The first-order valence-corrected chi connectivity index (χ1v) is 5.81. The molecule has 1 fully saturated rings. The van der Waals surface area contributed by atoms with Crippen molar-refractivity contribution in [3.05, 3.63) is 22.4 Å². The lowest BCUT2D eigenvalue weighted by Crippen LogP contribution is -2.50. The molecule has 86 valence electrons. The van der Waals surface area contributed by atoms with E-state index in [4.69, 9.17) is 10.8 Å². The highest BCUT2D eigenvalue weighted by molar-refractivity contribution is 7.08. The minimum Gasteiger partial charge on any atom is -0.480 e. The second-order valence-corrected chi connectivity index (χ2v) is 4.73. The van der Waals surface area contributed by atoms with Gasteiger partial charge < -0.3 is 15.7 Å². The zero-order valence-electron chi connectivity index (χ0n) is 8.55. The monoisotopic (exact) mass is 240 g/mol. The predicted molar refractivity (Wildman–Crippen MR) is 59.4 cm³/mol.